The SMILES string of the molecule is CCCC(=O)N1CCn2cc(C(=O)NCc3ccccn3)nc2[C@@H]1C. The first-order valence-corrected chi connectivity index (χ1v) is 8.64. The van der Waals surface area contributed by atoms with Crippen molar-refractivity contribution in [3.05, 3.63) is 47.8 Å². The number of nitrogens with zero attached hydrogens (tertiary/aromatic N) is 4. The van der Waals surface area contributed by atoms with Crippen molar-refractivity contribution in [1.82, 2.24) is 24.8 Å². The number of pyridine rings is 1. The Kier molecular flexibility index (Phi) is 5.11. The van der Waals surface area contributed by atoms with Gasteiger partial charge in [0.1, 0.15) is 11.5 Å². The molecule has 2 amide bonds. The molecule has 1 N–H and O–H groups in total. The average molecular weight is 341 g/mol. The number of nitrogens with one attached hydrogen (secondary N) is 1. The third-order valence-corrected chi connectivity index (χ3v) is 4.40. The van der Waals surface area contributed by atoms with Crippen LogP contribution in [0.5, 0.6) is 0 Å². The number of aromatic nitrogens is 3. The van der Waals surface area contributed by atoms with Crippen molar-refractivity contribution in [2.75, 3.05) is 6.54 Å². The standard InChI is InChI=1S/C18H23N5O2/c1-3-6-16(24)23-10-9-22-12-15(21-17(22)13(23)2)18(25)20-11-14-7-4-5-8-19-14/h4-5,7-8,12-13H,3,6,9-11H2,1-2H3,(H,20,25)/t13-/m0/s1. The zero-order chi connectivity index (χ0) is 17.8. The molecule has 1 aliphatic rings. The minimum Gasteiger partial charge on any atom is -0.345 e. The largest absolute Gasteiger partial charge is 0.345 e. The van der Waals surface area contributed by atoms with Crippen molar-refractivity contribution < 1.29 is 9.59 Å². The third kappa shape index (κ3) is 3.70. The molecule has 0 spiro atoms. The number of rotatable bonds is 5. The Bertz CT molecular complexity index is 756. The summed E-state index contributed by atoms with van der Waals surface area (Å²) in [5.74, 6) is 0.676. The van der Waals surface area contributed by atoms with Crippen LogP contribution in [0.3, 0.4) is 0 Å². The van der Waals surface area contributed by atoms with Crippen molar-refractivity contribution in [2.45, 2.75) is 45.8 Å². The molecule has 3 rings (SSSR count). The molecule has 3 heterocycles. The van der Waals surface area contributed by atoms with E-state index in [1.54, 1.807) is 12.4 Å². The van der Waals surface area contributed by atoms with Crippen LogP contribution in [0.1, 0.15) is 54.7 Å². The van der Waals surface area contributed by atoms with E-state index >= 15 is 0 Å². The van der Waals surface area contributed by atoms with E-state index in [4.69, 9.17) is 0 Å². The van der Waals surface area contributed by atoms with Gasteiger partial charge in [0.2, 0.25) is 5.91 Å². The maximum atomic E-state index is 12.4. The minimum atomic E-state index is -0.230. The van der Waals surface area contributed by atoms with Gasteiger partial charge >= 0.3 is 0 Å². The number of imidazole rings is 1. The van der Waals surface area contributed by atoms with Gasteiger partial charge in [0.25, 0.3) is 5.91 Å². The Hall–Kier alpha value is -2.70. The maximum absolute atomic E-state index is 12.4. The van der Waals surface area contributed by atoms with Crippen LogP contribution in [-0.2, 0) is 17.9 Å². The van der Waals surface area contributed by atoms with Crippen LogP contribution >= 0.6 is 0 Å². The molecule has 1 atom stereocenters. The van der Waals surface area contributed by atoms with E-state index in [1.165, 1.54) is 0 Å². The van der Waals surface area contributed by atoms with Crippen LogP contribution in [0.15, 0.2) is 30.6 Å². The van der Waals surface area contributed by atoms with Crippen molar-refractivity contribution in [2.24, 2.45) is 0 Å². The summed E-state index contributed by atoms with van der Waals surface area (Å²) < 4.78 is 1.97. The van der Waals surface area contributed by atoms with E-state index < -0.39 is 0 Å². The lowest BCUT2D eigenvalue weighted by molar-refractivity contribution is -0.134. The van der Waals surface area contributed by atoms with Crippen LogP contribution in [0, 0.1) is 0 Å². The molecular formula is C18H23N5O2. The number of hydrogen-bond donors (Lipinski definition) is 1. The maximum Gasteiger partial charge on any atom is 0.271 e. The molecule has 0 bridgehead atoms. The predicted octanol–water partition coefficient (Wildman–Crippen LogP) is 1.91. The fraction of sp³-hybridized carbons (Fsp3) is 0.444. The lowest BCUT2D eigenvalue weighted by Crippen LogP contribution is -2.40. The summed E-state index contributed by atoms with van der Waals surface area (Å²) in [6, 6.07) is 5.46. The Morgan fingerprint density at radius 3 is 2.88 bits per heavy atom. The van der Waals surface area contributed by atoms with Crippen LogP contribution in [0.25, 0.3) is 0 Å². The number of hydrogen-bond acceptors (Lipinski definition) is 4. The second-order valence-electron chi connectivity index (χ2n) is 6.19. The first-order chi connectivity index (χ1) is 12.1. The molecular weight excluding hydrogens is 318 g/mol. The van der Waals surface area contributed by atoms with Crippen molar-refractivity contribution in [3.8, 4) is 0 Å². The number of amides is 2. The summed E-state index contributed by atoms with van der Waals surface area (Å²) in [6.07, 6.45) is 4.84. The Balaban J connectivity index is 1.69. The van der Waals surface area contributed by atoms with Gasteiger partial charge in [0.15, 0.2) is 0 Å². The number of carbonyl (C=O) groups is 2. The second kappa shape index (κ2) is 7.46. The molecule has 0 saturated heterocycles. The minimum absolute atomic E-state index is 0.120. The first-order valence-electron chi connectivity index (χ1n) is 8.64. The molecule has 0 unspecified atom stereocenters. The van der Waals surface area contributed by atoms with Gasteiger partial charge in [-0.15, -0.1) is 0 Å². The number of fused-ring (bicyclic) bond motifs is 1. The fourth-order valence-corrected chi connectivity index (χ4v) is 3.06. The van der Waals surface area contributed by atoms with Crippen molar-refractivity contribution >= 4 is 11.8 Å². The monoisotopic (exact) mass is 341 g/mol. The van der Waals surface area contributed by atoms with Gasteiger partial charge in [-0.3, -0.25) is 14.6 Å². The highest BCUT2D eigenvalue weighted by Crippen LogP contribution is 2.25. The molecule has 25 heavy (non-hydrogen) atoms. The molecule has 0 saturated carbocycles. The van der Waals surface area contributed by atoms with Gasteiger partial charge in [-0.05, 0) is 25.5 Å². The lowest BCUT2D eigenvalue weighted by atomic mass is 10.2. The van der Waals surface area contributed by atoms with E-state index in [2.05, 4.69) is 15.3 Å². The van der Waals surface area contributed by atoms with E-state index in [0.29, 0.717) is 31.7 Å². The Morgan fingerprint density at radius 1 is 1.32 bits per heavy atom. The summed E-state index contributed by atoms with van der Waals surface area (Å²) in [5.41, 5.74) is 1.17. The third-order valence-electron chi connectivity index (χ3n) is 4.40. The Morgan fingerprint density at radius 2 is 2.16 bits per heavy atom. The molecule has 7 nitrogen and oxygen atoms in total. The van der Waals surface area contributed by atoms with E-state index in [0.717, 1.165) is 17.9 Å². The topological polar surface area (TPSA) is 80.1 Å². The van der Waals surface area contributed by atoms with Crippen LogP contribution in [0.4, 0.5) is 0 Å². The summed E-state index contributed by atoms with van der Waals surface area (Å²) in [6.45, 7) is 5.63. The summed E-state index contributed by atoms with van der Waals surface area (Å²) in [5, 5.41) is 2.84. The normalized spacial score (nSPS) is 16.4. The van der Waals surface area contributed by atoms with E-state index in [9.17, 15) is 9.59 Å². The molecule has 1 aliphatic heterocycles. The highest BCUT2D eigenvalue weighted by Gasteiger charge is 2.30. The number of carbonyl (C=O) groups excluding carboxylic acids is 2. The van der Waals surface area contributed by atoms with Crippen LogP contribution in [-0.4, -0.2) is 37.8 Å². The second-order valence-corrected chi connectivity index (χ2v) is 6.19. The summed E-state index contributed by atoms with van der Waals surface area (Å²) in [4.78, 5) is 35.1. The highest BCUT2D eigenvalue weighted by atomic mass is 16.2. The van der Waals surface area contributed by atoms with Gasteiger partial charge in [0.05, 0.1) is 18.3 Å². The van der Waals surface area contributed by atoms with E-state index in [-0.39, 0.29) is 17.9 Å². The van der Waals surface area contributed by atoms with Gasteiger partial charge in [0, 0.05) is 31.9 Å². The molecule has 0 radical (unpaired) electrons. The fourth-order valence-electron chi connectivity index (χ4n) is 3.06. The molecule has 7 heteroatoms. The zero-order valence-corrected chi connectivity index (χ0v) is 14.6. The molecule has 0 aliphatic carbocycles. The van der Waals surface area contributed by atoms with Crippen molar-refractivity contribution in [1.29, 1.82) is 0 Å². The van der Waals surface area contributed by atoms with E-state index in [1.807, 2.05) is 41.5 Å². The first kappa shape index (κ1) is 17.1. The van der Waals surface area contributed by atoms with Gasteiger partial charge in [-0.2, -0.15) is 0 Å². The predicted molar refractivity (Wildman–Crippen MR) is 92.7 cm³/mol. The molecule has 0 aromatic carbocycles. The molecule has 2 aromatic rings. The van der Waals surface area contributed by atoms with Gasteiger partial charge in [-0.1, -0.05) is 13.0 Å². The van der Waals surface area contributed by atoms with Crippen molar-refractivity contribution in [3.63, 3.8) is 0 Å². The molecule has 2 aromatic heterocycles. The van der Waals surface area contributed by atoms with Crippen LogP contribution in [0.2, 0.25) is 0 Å². The van der Waals surface area contributed by atoms with Gasteiger partial charge < -0.3 is 14.8 Å². The van der Waals surface area contributed by atoms with Crippen LogP contribution < -0.4 is 5.32 Å². The molecule has 0 fully saturated rings. The quantitative estimate of drug-likeness (QED) is 0.901. The zero-order valence-electron chi connectivity index (χ0n) is 14.6. The highest BCUT2D eigenvalue weighted by molar-refractivity contribution is 5.92. The lowest BCUT2D eigenvalue weighted by Gasteiger charge is -2.33. The average Bonchev–Trinajstić information content (AvgIpc) is 3.06. The molecule has 132 valence electrons. The summed E-state index contributed by atoms with van der Waals surface area (Å²) in [7, 11) is 0. The summed E-state index contributed by atoms with van der Waals surface area (Å²) >= 11 is 0. The van der Waals surface area contributed by atoms with Gasteiger partial charge in [-0.25, -0.2) is 4.98 Å². The smallest absolute Gasteiger partial charge is 0.271 e. The Labute approximate surface area is 147 Å².